The van der Waals surface area contributed by atoms with E-state index in [1.807, 2.05) is 0 Å². The minimum absolute atomic E-state index is 0.0946. The summed E-state index contributed by atoms with van der Waals surface area (Å²) in [6, 6.07) is 0. The van der Waals surface area contributed by atoms with Gasteiger partial charge in [0.05, 0.1) is 13.2 Å². The zero-order chi connectivity index (χ0) is 10.6. The molecule has 0 aliphatic heterocycles. The van der Waals surface area contributed by atoms with Crippen LogP contribution in [0.1, 0.15) is 0 Å². The Labute approximate surface area is 84.2 Å². The second-order valence-corrected chi connectivity index (χ2v) is 3.00. The molecule has 0 saturated carbocycles. The topological polar surface area (TPSA) is 54.0 Å². The fraction of sp³-hybridized carbons (Fsp3) is 0.500. The fourth-order valence-corrected chi connectivity index (χ4v) is 0.857. The van der Waals surface area contributed by atoms with Gasteiger partial charge in [0.2, 0.25) is 13.6 Å². The molecule has 0 fully saturated rings. The summed E-state index contributed by atoms with van der Waals surface area (Å²) in [5.41, 5.74) is 0. The Hall–Kier alpha value is -0.580. The highest BCUT2D eigenvalue weighted by Crippen LogP contribution is 2.22. The summed E-state index contributed by atoms with van der Waals surface area (Å²) in [5.74, 6) is 0. The van der Waals surface area contributed by atoms with Crippen LogP contribution in [-0.2, 0) is 23.1 Å². The Morgan fingerprint density at radius 3 is 1.79 bits per heavy atom. The van der Waals surface area contributed by atoms with Crippen molar-refractivity contribution in [2.24, 2.45) is 0 Å². The SMILES string of the molecule is C=CCOCO[P+](=O)OCOCC=C. The molecule has 0 N–H and O–H groups in total. The maximum atomic E-state index is 10.9. The molecule has 0 aromatic rings. The molecule has 0 aromatic carbocycles. The predicted molar refractivity (Wildman–Crippen MR) is 51.8 cm³/mol. The molecule has 6 heteroatoms. The van der Waals surface area contributed by atoms with E-state index < -0.39 is 8.25 Å². The van der Waals surface area contributed by atoms with Crippen LogP contribution in [0.25, 0.3) is 0 Å². The smallest absolute Gasteiger partial charge is 0.346 e. The number of ether oxygens (including phenoxy) is 2. The van der Waals surface area contributed by atoms with E-state index in [4.69, 9.17) is 9.47 Å². The van der Waals surface area contributed by atoms with Gasteiger partial charge in [0.1, 0.15) is 0 Å². The molecule has 0 unspecified atom stereocenters. The van der Waals surface area contributed by atoms with Crippen molar-refractivity contribution in [3.05, 3.63) is 25.3 Å². The first kappa shape index (κ1) is 13.4. The second kappa shape index (κ2) is 10.5. The van der Waals surface area contributed by atoms with Crippen LogP contribution in [0.3, 0.4) is 0 Å². The number of hydrogen-bond acceptors (Lipinski definition) is 5. The van der Waals surface area contributed by atoms with E-state index in [9.17, 15) is 4.57 Å². The molecule has 0 saturated heterocycles. The van der Waals surface area contributed by atoms with Crippen LogP contribution >= 0.6 is 8.25 Å². The summed E-state index contributed by atoms with van der Waals surface area (Å²) in [6.45, 7) is 7.36. The quantitative estimate of drug-likeness (QED) is 0.244. The minimum atomic E-state index is -2.18. The molecule has 0 rings (SSSR count). The van der Waals surface area contributed by atoms with Crippen molar-refractivity contribution in [3.8, 4) is 0 Å². The van der Waals surface area contributed by atoms with Crippen LogP contribution in [0, 0.1) is 0 Å². The lowest BCUT2D eigenvalue weighted by Gasteiger charge is -1.94. The first-order valence-electron chi connectivity index (χ1n) is 3.91. The van der Waals surface area contributed by atoms with Crippen molar-refractivity contribution in [1.82, 2.24) is 0 Å². The Kier molecular flexibility index (Phi) is 10.1. The lowest BCUT2D eigenvalue weighted by atomic mass is 10.7. The van der Waals surface area contributed by atoms with E-state index in [0.29, 0.717) is 13.2 Å². The predicted octanol–water partition coefficient (Wildman–Crippen LogP) is 2.00. The highest BCUT2D eigenvalue weighted by Gasteiger charge is 2.19. The zero-order valence-electron chi connectivity index (χ0n) is 7.89. The third-order valence-corrected chi connectivity index (χ3v) is 1.59. The molecule has 0 aliphatic rings. The molecule has 0 bridgehead atoms. The molecule has 14 heavy (non-hydrogen) atoms. The van der Waals surface area contributed by atoms with Gasteiger partial charge in [-0.05, 0) is 0 Å². The van der Waals surface area contributed by atoms with E-state index in [1.165, 1.54) is 0 Å². The largest absolute Gasteiger partial charge is 0.702 e. The molecule has 0 radical (unpaired) electrons. The van der Waals surface area contributed by atoms with Gasteiger partial charge in [-0.25, -0.2) is 0 Å². The van der Waals surface area contributed by atoms with E-state index in [2.05, 4.69) is 22.2 Å². The summed E-state index contributed by atoms with van der Waals surface area (Å²) in [5, 5.41) is 0. The van der Waals surface area contributed by atoms with Crippen molar-refractivity contribution in [1.29, 1.82) is 0 Å². The maximum Gasteiger partial charge on any atom is 0.702 e. The first-order valence-corrected chi connectivity index (χ1v) is 5.01. The Balaban J connectivity index is 3.19. The Morgan fingerprint density at radius 1 is 1.00 bits per heavy atom. The molecule has 0 aromatic heterocycles. The summed E-state index contributed by atoms with van der Waals surface area (Å²) in [4.78, 5) is 0. The minimum Gasteiger partial charge on any atom is -0.346 e. The van der Waals surface area contributed by atoms with Crippen LogP contribution in [0.4, 0.5) is 0 Å². The standard InChI is InChI=1S/C8H14O5P/c1-3-5-10-7-12-14(9)13-8-11-6-4-2/h3-4H,1-2,5-8H2/q+1. The van der Waals surface area contributed by atoms with E-state index in [-0.39, 0.29) is 13.6 Å². The summed E-state index contributed by atoms with van der Waals surface area (Å²) in [7, 11) is -2.18. The van der Waals surface area contributed by atoms with Crippen molar-refractivity contribution < 1.29 is 23.1 Å². The van der Waals surface area contributed by atoms with Crippen molar-refractivity contribution >= 4 is 8.25 Å². The molecule has 0 aliphatic carbocycles. The van der Waals surface area contributed by atoms with Gasteiger partial charge in [0, 0.05) is 4.57 Å². The van der Waals surface area contributed by atoms with Crippen LogP contribution in [0.5, 0.6) is 0 Å². The normalized spacial score (nSPS) is 9.71. The third-order valence-electron chi connectivity index (χ3n) is 0.954. The maximum absolute atomic E-state index is 10.9. The zero-order valence-corrected chi connectivity index (χ0v) is 8.78. The van der Waals surface area contributed by atoms with Crippen molar-refractivity contribution in [2.75, 3.05) is 26.8 Å². The highest BCUT2D eigenvalue weighted by molar-refractivity contribution is 7.33. The van der Waals surface area contributed by atoms with Crippen molar-refractivity contribution in [3.63, 3.8) is 0 Å². The van der Waals surface area contributed by atoms with Crippen molar-refractivity contribution in [2.45, 2.75) is 0 Å². The molecular weight excluding hydrogens is 207 g/mol. The lowest BCUT2D eigenvalue weighted by molar-refractivity contribution is -0.00510. The van der Waals surface area contributed by atoms with Crippen LogP contribution in [0.2, 0.25) is 0 Å². The molecule has 0 amide bonds. The molecular formula is C8H14O5P+. The van der Waals surface area contributed by atoms with Gasteiger partial charge in [-0.15, -0.1) is 13.2 Å². The van der Waals surface area contributed by atoms with Gasteiger partial charge in [-0.2, -0.15) is 0 Å². The molecule has 0 atom stereocenters. The van der Waals surface area contributed by atoms with Gasteiger partial charge >= 0.3 is 8.25 Å². The average molecular weight is 221 g/mol. The average Bonchev–Trinajstić information content (AvgIpc) is 2.19. The highest BCUT2D eigenvalue weighted by atomic mass is 31.1. The van der Waals surface area contributed by atoms with E-state index in [1.54, 1.807) is 12.2 Å². The molecule has 80 valence electrons. The monoisotopic (exact) mass is 221 g/mol. The summed E-state index contributed by atoms with van der Waals surface area (Å²) in [6.07, 6.45) is 3.12. The molecule has 0 spiro atoms. The van der Waals surface area contributed by atoms with Gasteiger partial charge in [0.15, 0.2) is 0 Å². The summed E-state index contributed by atoms with van der Waals surface area (Å²) < 4.78 is 29.8. The lowest BCUT2D eigenvalue weighted by Crippen LogP contribution is -1.98. The van der Waals surface area contributed by atoms with Gasteiger partial charge < -0.3 is 9.47 Å². The second-order valence-electron chi connectivity index (χ2n) is 2.04. The fourth-order valence-electron chi connectivity index (χ4n) is 0.461. The van der Waals surface area contributed by atoms with E-state index in [0.717, 1.165) is 0 Å². The van der Waals surface area contributed by atoms with Gasteiger partial charge in [0.25, 0.3) is 0 Å². The first-order chi connectivity index (χ1) is 6.81. The molecule has 5 nitrogen and oxygen atoms in total. The molecule has 0 heterocycles. The Morgan fingerprint density at radius 2 is 1.43 bits per heavy atom. The van der Waals surface area contributed by atoms with Crippen LogP contribution < -0.4 is 0 Å². The van der Waals surface area contributed by atoms with Gasteiger partial charge in [-0.1, -0.05) is 21.2 Å². The number of hydrogen-bond donors (Lipinski definition) is 0. The van der Waals surface area contributed by atoms with Gasteiger partial charge in [-0.3, -0.25) is 0 Å². The number of rotatable bonds is 10. The Bertz CT molecular complexity index is 165. The third kappa shape index (κ3) is 9.51. The van der Waals surface area contributed by atoms with Crippen LogP contribution in [-0.4, -0.2) is 26.8 Å². The van der Waals surface area contributed by atoms with Crippen LogP contribution in [0.15, 0.2) is 25.3 Å². The van der Waals surface area contributed by atoms with E-state index >= 15 is 0 Å². The summed E-state index contributed by atoms with van der Waals surface area (Å²) >= 11 is 0.